The number of nitrogens with one attached hydrogen (secondary N) is 1. The number of rotatable bonds is 5. The Bertz CT molecular complexity index is 648. The Labute approximate surface area is 135 Å². The molecule has 4 rings (SSSR count). The highest BCUT2D eigenvalue weighted by atomic mass is 32.1. The number of fused-ring (bicyclic) bond motifs is 3. The van der Waals surface area contributed by atoms with Crippen LogP contribution in [0.15, 0.2) is 24.3 Å². The molecule has 0 spiro atoms. The fourth-order valence-electron chi connectivity index (χ4n) is 4.27. The minimum Gasteiger partial charge on any atom is -0.356 e. The van der Waals surface area contributed by atoms with Crippen molar-refractivity contribution >= 4 is 27.5 Å². The van der Waals surface area contributed by atoms with Crippen LogP contribution < -0.4 is 5.32 Å². The molecule has 1 aromatic carbocycles. The predicted molar refractivity (Wildman–Crippen MR) is 89.9 cm³/mol. The van der Waals surface area contributed by atoms with Gasteiger partial charge in [-0.1, -0.05) is 18.6 Å². The van der Waals surface area contributed by atoms with E-state index >= 15 is 0 Å². The summed E-state index contributed by atoms with van der Waals surface area (Å²) in [5.41, 5.74) is 1.07. The average molecular weight is 314 g/mol. The summed E-state index contributed by atoms with van der Waals surface area (Å²) in [7, 11) is 0. The predicted octanol–water partition coefficient (Wildman–Crippen LogP) is 3.78. The number of amides is 1. The molecule has 22 heavy (non-hydrogen) atoms. The van der Waals surface area contributed by atoms with Crippen molar-refractivity contribution in [1.82, 2.24) is 10.3 Å². The monoisotopic (exact) mass is 314 g/mol. The molecule has 0 saturated heterocycles. The number of hydrogen-bond acceptors (Lipinski definition) is 3. The first-order chi connectivity index (χ1) is 10.8. The molecule has 4 heteroatoms. The van der Waals surface area contributed by atoms with E-state index in [1.165, 1.54) is 30.4 Å². The van der Waals surface area contributed by atoms with Crippen LogP contribution in [0.5, 0.6) is 0 Å². The molecule has 3 atom stereocenters. The summed E-state index contributed by atoms with van der Waals surface area (Å²) in [5, 5.41) is 4.20. The van der Waals surface area contributed by atoms with Gasteiger partial charge >= 0.3 is 0 Å². The highest BCUT2D eigenvalue weighted by Gasteiger charge is 2.39. The zero-order valence-corrected chi connectivity index (χ0v) is 13.6. The number of carbonyl (C=O) groups is 1. The number of thiazole rings is 1. The summed E-state index contributed by atoms with van der Waals surface area (Å²) in [6.07, 6.45) is 7.00. The second kappa shape index (κ2) is 5.99. The largest absolute Gasteiger partial charge is 0.356 e. The van der Waals surface area contributed by atoms with E-state index in [2.05, 4.69) is 16.4 Å². The molecule has 2 aliphatic carbocycles. The van der Waals surface area contributed by atoms with Crippen LogP contribution in [0.25, 0.3) is 10.2 Å². The molecule has 1 amide bonds. The Morgan fingerprint density at radius 1 is 1.27 bits per heavy atom. The van der Waals surface area contributed by atoms with Crippen LogP contribution in [0, 0.1) is 17.8 Å². The minimum absolute atomic E-state index is 0.235. The van der Waals surface area contributed by atoms with E-state index in [-0.39, 0.29) is 5.91 Å². The third-order valence-corrected chi connectivity index (χ3v) is 6.43. The van der Waals surface area contributed by atoms with Crippen LogP contribution in [-0.4, -0.2) is 17.4 Å². The first kappa shape index (κ1) is 14.2. The fraction of sp³-hybridized carbons (Fsp3) is 0.556. The van der Waals surface area contributed by atoms with Gasteiger partial charge in [0.25, 0.3) is 0 Å². The van der Waals surface area contributed by atoms with Crippen LogP contribution in [0.3, 0.4) is 0 Å². The first-order valence-electron chi connectivity index (χ1n) is 8.39. The lowest BCUT2D eigenvalue weighted by atomic mass is 9.86. The van der Waals surface area contributed by atoms with Crippen molar-refractivity contribution in [2.45, 2.75) is 38.5 Å². The van der Waals surface area contributed by atoms with Crippen LogP contribution in [0.2, 0.25) is 0 Å². The van der Waals surface area contributed by atoms with Crippen molar-refractivity contribution in [1.29, 1.82) is 0 Å². The molecule has 0 aliphatic heterocycles. The number of nitrogens with zero attached hydrogens (tertiary/aromatic N) is 1. The van der Waals surface area contributed by atoms with Crippen LogP contribution >= 0.6 is 11.3 Å². The summed E-state index contributed by atoms with van der Waals surface area (Å²) < 4.78 is 1.23. The van der Waals surface area contributed by atoms with Crippen molar-refractivity contribution in [3.63, 3.8) is 0 Å². The maximum atomic E-state index is 12.1. The fourth-order valence-corrected chi connectivity index (χ4v) is 5.24. The Hall–Kier alpha value is -1.42. The highest BCUT2D eigenvalue weighted by molar-refractivity contribution is 7.18. The van der Waals surface area contributed by atoms with Gasteiger partial charge in [0.1, 0.15) is 0 Å². The molecule has 1 heterocycles. The van der Waals surface area contributed by atoms with Crippen LogP contribution in [0.4, 0.5) is 0 Å². The molecule has 116 valence electrons. The molecule has 1 aromatic heterocycles. The van der Waals surface area contributed by atoms with E-state index in [9.17, 15) is 4.79 Å². The highest BCUT2D eigenvalue weighted by Crippen LogP contribution is 2.49. The van der Waals surface area contributed by atoms with Gasteiger partial charge in [-0.15, -0.1) is 11.3 Å². The van der Waals surface area contributed by atoms with Crippen molar-refractivity contribution in [2.75, 3.05) is 6.54 Å². The van der Waals surface area contributed by atoms with E-state index in [0.717, 1.165) is 35.2 Å². The molecule has 2 bridgehead atoms. The molecular formula is C18H22N2OS. The molecule has 2 aliphatic rings. The second-order valence-corrected chi connectivity index (χ2v) is 7.93. The number of para-hydroxylation sites is 1. The lowest BCUT2D eigenvalue weighted by Gasteiger charge is -2.20. The van der Waals surface area contributed by atoms with Crippen molar-refractivity contribution in [2.24, 2.45) is 17.8 Å². The average Bonchev–Trinajstić information content (AvgIpc) is 3.21. The molecule has 3 unspecified atom stereocenters. The maximum absolute atomic E-state index is 12.1. The van der Waals surface area contributed by atoms with Gasteiger partial charge in [0.05, 0.1) is 15.2 Å². The van der Waals surface area contributed by atoms with Crippen LogP contribution in [-0.2, 0) is 11.2 Å². The molecule has 2 saturated carbocycles. The topological polar surface area (TPSA) is 42.0 Å². The number of carbonyl (C=O) groups excluding carboxylic acids is 1. The Morgan fingerprint density at radius 3 is 2.95 bits per heavy atom. The van der Waals surface area contributed by atoms with E-state index in [0.29, 0.717) is 12.5 Å². The van der Waals surface area contributed by atoms with Gasteiger partial charge in [-0.3, -0.25) is 4.79 Å². The van der Waals surface area contributed by atoms with E-state index < -0.39 is 0 Å². The zero-order chi connectivity index (χ0) is 14.9. The third-order valence-electron chi connectivity index (χ3n) is 5.33. The molecule has 2 fully saturated rings. The lowest BCUT2D eigenvalue weighted by Crippen LogP contribution is -2.28. The van der Waals surface area contributed by atoms with Crippen molar-refractivity contribution in [3.05, 3.63) is 29.3 Å². The molecule has 1 N–H and O–H groups in total. The van der Waals surface area contributed by atoms with Gasteiger partial charge in [-0.25, -0.2) is 4.98 Å². The standard InChI is InChI=1S/C18H22N2OS/c21-17(11-14-10-12-5-6-13(14)9-12)19-8-7-18-20-15-3-1-2-4-16(15)22-18/h1-4,12-14H,5-11H2,(H,19,21). The zero-order valence-electron chi connectivity index (χ0n) is 12.8. The number of benzene rings is 1. The molecule has 3 nitrogen and oxygen atoms in total. The maximum Gasteiger partial charge on any atom is 0.220 e. The Kier molecular flexibility index (Phi) is 3.87. The quantitative estimate of drug-likeness (QED) is 0.912. The smallest absolute Gasteiger partial charge is 0.220 e. The van der Waals surface area contributed by atoms with Gasteiger partial charge in [-0.05, 0) is 49.1 Å². The van der Waals surface area contributed by atoms with E-state index in [4.69, 9.17) is 0 Å². The normalized spacial score (nSPS) is 26.6. The minimum atomic E-state index is 0.235. The number of aromatic nitrogens is 1. The van der Waals surface area contributed by atoms with Gasteiger partial charge in [0, 0.05) is 19.4 Å². The molecule has 2 aromatic rings. The summed E-state index contributed by atoms with van der Waals surface area (Å²) in [6.45, 7) is 0.708. The van der Waals surface area contributed by atoms with Crippen molar-refractivity contribution in [3.8, 4) is 0 Å². The van der Waals surface area contributed by atoms with E-state index in [1.54, 1.807) is 11.3 Å². The van der Waals surface area contributed by atoms with Gasteiger partial charge in [0.15, 0.2) is 0 Å². The number of hydrogen-bond donors (Lipinski definition) is 1. The Morgan fingerprint density at radius 2 is 2.18 bits per heavy atom. The van der Waals surface area contributed by atoms with E-state index in [1.807, 2.05) is 18.2 Å². The van der Waals surface area contributed by atoms with Gasteiger partial charge in [0.2, 0.25) is 5.91 Å². The molecular weight excluding hydrogens is 292 g/mol. The summed E-state index contributed by atoms with van der Waals surface area (Å²) >= 11 is 1.73. The summed E-state index contributed by atoms with van der Waals surface area (Å²) in [6, 6.07) is 8.21. The van der Waals surface area contributed by atoms with Gasteiger partial charge < -0.3 is 5.32 Å². The summed E-state index contributed by atoms with van der Waals surface area (Å²) in [5.74, 6) is 2.64. The molecule has 0 radical (unpaired) electrons. The van der Waals surface area contributed by atoms with Crippen LogP contribution in [0.1, 0.15) is 37.1 Å². The first-order valence-corrected chi connectivity index (χ1v) is 9.21. The second-order valence-electron chi connectivity index (χ2n) is 6.81. The SMILES string of the molecule is O=C(CC1CC2CCC1C2)NCCc1nc2ccccc2s1. The lowest BCUT2D eigenvalue weighted by molar-refractivity contribution is -0.122. The summed E-state index contributed by atoms with van der Waals surface area (Å²) in [4.78, 5) is 16.7. The third kappa shape index (κ3) is 2.89. The van der Waals surface area contributed by atoms with Crippen molar-refractivity contribution < 1.29 is 4.79 Å². The van der Waals surface area contributed by atoms with Gasteiger partial charge in [-0.2, -0.15) is 0 Å². The Balaban J connectivity index is 1.25.